The number of aryl methyl sites for hydroxylation is 1. The van der Waals surface area contributed by atoms with E-state index in [-0.39, 0.29) is 5.78 Å². The minimum absolute atomic E-state index is 0.194. The van der Waals surface area contributed by atoms with Crippen LogP contribution in [0.2, 0.25) is 0 Å². The van der Waals surface area contributed by atoms with Crippen LogP contribution in [0.5, 0.6) is 0 Å². The predicted molar refractivity (Wildman–Crippen MR) is 67.9 cm³/mol. The fraction of sp³-hybridized carbons (Fsp3) is 0.500. The predicted octanol–water partition coefficient (Wildman–Crippen LogP) is 2.91. The number of Topliss-reactive ketones (excluding diaryl/α,β-unsaturated/α-hetero) is 1. The smallest absolute Gasteiger partial charge is 0.182 e. The van der Waals surface area contributed by atoms with Gasteiger partial charge in [-0.05, 0) is 34.4 Å². The third-order valence-electron chi connectivity index (χ3n) is 3.48. The Morgan fingerprint density at radius 2 is 1.75 bits per heavy atom. The summed E-state index contributed by atoms with van der Waals surface area (Å²) in [5, 5.41) is 0. The highest BCUT2D eigenvalue weighted by Crippen LogP contribution is 2.22. The van der Waals surface area contributed by atoms with Crippen LogP contribution in [-0.2, 0) is 0 Å². The Kier molecular flexibility index (Phi) is 3.87. The molecule has 0 fully saturated rings. The number of likely N-dealkylation sites (N-methyl/N-ethyl adjacent to an activating group) is 1. The third kappa shape index (κ3) is 2.33. The lowest BCUT2D eigenvalue weighted by Gasteiger charge is -2.34. The van der Waals surface area contributed by atoms with Crippen molar-refractivity contribution in [3.05, 3.63) is 35.4 Å². The minimum Gasteiger partial charge on any atom is -0.297 e. The monoisotopic (exact) mass is 219 g/mol. The highest BCUT2D eigenvalue weighted by Gasteiger charge is 2.33. The number of nitrogens with zero attached hydrogens (tertiary/aromatic N) is 1. The van der Waals surface area contributed by atoms with E-state index >= 15 is 0 Å². The molecule has 1 unspecified atom stereocenters. The highest BCUT2D eigenvalue weighted by molar-refractivity contribution is 6.02. The first-order valence-corrected chi connectivity index (χ1v) is 5.70. The number of rotatable bonds is 4. The molecule has 0 heterocycles. The van der Waals surface area contributed by atoms with Gasteiger partial charge in [0, 0.05) is 5.56 Å². The van der Waals surface area contributed by atoms with Crippen LogP contribution in [-0.4, -0.2) is 30.3 Å². The SMILES string of the molecule is CCC(C)(C(=O)c1ccc(C)cc1)N(C)C. The van der Waals surface area contributed by atoms with E-state index in [0.717, 1.165) is 12.0 Å². The van der Waals surface area contributed by atoms with Crippen LogP contribution in [0.1, 0.15) is 36.2 Å². The minimum atomic E-state index is -0.407. The number of carbonyl (C=O) groups is 1. The van der Waals surface area contributed by atoms with Crippen molar-refractivity contribution in [1.82, 2.24) is 4.90 Å². The van der Waals surface area contributed by atoms with Crippen molar-refractivity contribution in [3.8, 4) is 0 Å². The Morgan fingerprint density at radius 3 is 2.12 bits per heavy atom. The Bertz CT molecular complexity index is 367. The van der Waals surface area contributed by atoms with Gasteiger partial charge in [-0.3, -0.25) is 9.69 Å². The number of carbonyl (C=O) groups excluding carboxylic acids is 1. The maximum Gasteiger partial charge on any atom is 0.182 e. The average Bonchev–Trinajstić information content (AvgIpc) is 2.27. The van der Waals surface area contributed by atoms with Gasteiger partial charge in [0.1, 0.15) is 0 Å². The van der Waals surface area contributed by atoms with E-state index in [2.05, 4.69) is 0 Å². The van der Waals surface area contributed by atoms with Gasteiger partial charge in [-0.1, -0.05) is 36.8 Å². The van der Waals surface area contributed by atoms with Crippen LogP contribution in [0.3, 0.4) is 0 Å². The summed E-state index contributed by atoms with van der Waals surface area (Å²) in [6.07, 6.45) is 0.812. The van der Waals surface area contributed by atoms with Gasteiger partial charge >= 0.3 is 0 Å². The van der Waals surface area contributed by atoms with Gasteiger partial charge in [0.05, 0.1) is 5.54 Å². The summed E-state index contributed by atoms with van der Waals surface area (Å²) in [6.45, 7) is 6.07. The molecule has 1 rings (SSSR count). The van der Waals surface area contributed by atoms with Crippen molar-refractivity contribution in [2.45, 2.75) is 32.7 Å². The molecule has 2 heteroatoms. The van der Waals surface area contributed by atoms with E-state index in [1.807, 2.05) is 64.0 Å². The summed E-state index contributed by atoms with van der Waals surface area (Å²) < 4.78 is 0. The van der Waals surface area contributed by atoms with Crippen molar-refractivity contribution in [2.24, 2.45) is 0 Å². The summed E-state index contributed by atoms with van der Waals surface area (Å²) in [5.41, 5.74) is 1.57. The molecule has 0 saturated heterocycles. The van der Waals surface area contributed by atoms with Gasteiger partial charge in [-0.15, -0.1) is 0 Å². The van der Waals surface area contributed by atoms with Crippen molar-refractivity contribution >= 4 is 5.78 Å². The van der Waals surface area contributed by atoms with Crippen LogP contribution < -0.4 is 0 Å². The topological polar surface area (TPSA) is 20.3 Å². The first-order chi connectivity index (χ1) is 7.41. The number of benzene rings is 1. The molecule has 1 aromatic carbocycles. The molecular formula is C14H21NO. The van der Waals surface area contributed by atoms with E-state index in [4.69, 9.17) is 0 Å². The molecule has 0 amide bonds. The van der Waals surface area contributed by atoms with Gasteiger partial charge in [0.15, 0.2) is 5.78 Å². The molecule has 0 spiro atoms. The zero-order valence-corrected chi connectivity index (χ0v) is 10.9. The number of ketones is 1. The molecule has 16 heavy (non-hydrogen) atoms. The number of hydrogen-bond donors (Lipinski definition) is 0. The lowest BCUT2D eigenvalue weighted by Crippen LogP contribution is -2.48. The maximum absolute atomic E-state index is 12.4. The molecule has 0 radical (unpaired) electrons. The van der Waals surface area contributed by atoms with E-state index < -0.39 is 5.54 Å². The molecule has 0 aliphatic rings. The van der Waals surface area contributed by atoms with E-state index in [1.54, 1.807) is 0 Å². The van der Waals surface area contributed by atoms with Crippen LogP contribution in [0.25, 0.3) is 0 Å². The van der Waals surface area contributed by atoms with Crippen LogP contribution >= 0.6 is 0 Å². The van der Waals surface area contributed by atoms with E-state index in [9.17, 15) is 4.79 Å². The zero-order chi connectivity index (χ0) is 12.3. The Balaban J connectivity index is 3.05. The Hall–Kier alpha value is -1.15. The molecule has 0 aliphatic carbocycles. The summed E-state index contributed by atoms with van der Waals surface area (Å²) in [6, 6.07) is 7.79. The molecule has 0 saturated carbocycles. The van der Waals surface area contributed by atoms with Gasteiger partial charge in [0.2, 0.25) is 0 Å². The molecule has 88 valence electrons. The summed E-state index contributed by atoms with van der Waals surface area (Å²) in [4.78, 5) is 14.4. The van der Waals surface area contributed by atoms with Crippen molar-refractivity contribution in [2.75, 3.05) is 14.1 Å². The van der Waals surface area contributed by atoms with Crippen LogP contribution in [0.4, 0.5) is 0 Å². The molecular weight excluding hydrogens is 198 g/mol. The zero-order valence-electron chi connectivity index (χ0n) is 10.9. The lowest BCUT2D eigenvalue weighted by molar-refractivity contribution is 0.0710. The standard InChI is InChI=1S/C14H21NO/c1-6-14(3,15(4)5)13(16)12-9-7-11(2)8-10-12/h7-10H,6H2,1-5H3. The second-order valence-electron chi connectivity index (χ2n) is 4.72. The fourth-order valence-electron chi connectivity index (χ4n) is 1.70. The van der Waals surface area contributed by atoms with Crippen molar-refractivity contribution < 1.29 is 4.79 Å². The lowest BCUT2D eigenvalue weighted by atomic mass is 9.87. The molecule has 1 aromatic rings. The second kappa shape index (κ2) is 4.79. The van der Waals surface area contributed by atoms with E-state index in [0.29, 0.717) is 0 Å². The molecule has 0 bridgehead atoms. The van der Waals surface area contributed by atoms with Gasteiger partial charge in [-0.25, -0.2) is 0 Å². The van der Waals surface area contributed by atoms with Gasteiger partial charge in [-0.2, -0.15) is 0 Å². The van der Waals surface area contributed by atoms with E-state index in [1.165, 1.54) is 5.56 Å². The molecule has 1 atom stereocenters. The Morgan fingerprint density at radius 1 is 1.25 bits per heavy atom. The fourth-order valence-corrected chi connectivity index (χ4v) is 1.70. The third-order valence-corrected chi connectivity index (χ3v) is 3.48. The van der Waals surface area contributed by atoms with Gasteiger partial charge < -0.3 is 0 Å². The first kappa shape index (κ1) is 12.9. The average molecular weight is 219 g/mol. The summed E-state index contributed by atoms with van der Waals surface area (Å²) in [5.74, 6) is 0.194. The second-order valence-corrected chi connectivity index (χ2v) is 4.72. The molecule has 0 aliphatic heterocycles. The normalized spacial score (nSPS) is 14.9. The molecule has 0 N–H and O–H groups in total. The highest BCUT2D eigenvalue weighted by atomic mass is 16.1. The Labute approximate surface area is 98.3 Å². The quantitative estimate of drug-likeness (QED) is 0.726. The number of hydrogen-bond acceptors (Lipinski definition) is 2. The first-order valence-electron chi connectivity index (χ1n) is 5.70. The van der Waals surface area contributed by atoms with Crippen molar-refractivity contribution in [1.29, 1.82) is 0 Å². The largest absolute Gasteiger partial charge is 0.297 e. The van der Waals surface area contributed by atoms with Gasteiger partial charge in [0.25, 0.3) is 0 Å². The van der Waals surface area contributed by atoms with Crippen molar-refractivity contribution in [3.63, 3.8) is 0 Å². The summed E-state index contributed by atoms with van der Waals surface area (Å²) in [7, 11) is 3.91. The van der Waals surface area contributed by atoms with Crippen LogP contribution in [0.15, 0.2) is 24.3 Å². The summed E-state index contributed by atoms with van der Waals surface area (Å²) >= 11 is 0. The van der Waals surface area contributed by atoms with Crippen LogP contribution in [0, 0.1) is 6.92 Å². The maximum atomic E-state index is 12.4. The molecule has 0 aromatic heterocycles. The molecule has 2 nitrogen and oxygen atoms in total.